The molecule has 1 aromatic heterocycles. The average molecular weight is 270 g/mol. The van der Waals surface area contributed by atoms with Crippen LogP contribution in [0.25, 0.3) is 0 Å². The van der Waals surface area contributed by atoms with Gasteiger partial charge < -0.3 is 15.0 Å². The highest BCUT2D eigenvalue weighted by atomic mass is 32.2. The minimum atomic E-state index is -0.783. The molecule has 6 nitrogen and oxygen atoms in total. The fourth-order valence-corrected chi connectivity index (χ4v) is 3.64. The van der Waals surface area contributed by atoms with Gasteiger partial charge in [-0.3, -0.25) is 4.79 Å². The molecule has 0 spiro atoms. The van der Waals surface area contributed by atoms with E-state index in [9.17, 15) is 9.90 Å². The zero-order valence-corrected chi connectivity index (χ0v) is 11.4. The average Bonchev–Trinajstić information content (AvgIpc) is 2.75. The van der Waals surface area contributed by atoms with Gasteiger partial charge in [-0.1, -0.05) is 11.8 Å². The first-order chi connectivity index (χ1) is 8.57. The molecule has 7 heteroatoms. The van der Waals surface area contributed by atoms with Gasteiger partial charge in [-0.05, 0) is 32.7 Å². The predicted octanol–water partition coefficient (Wildman–Crippen LogP) is 0.893. The molecular weight excluding hydrogens is 252 g/mol. The number of thioether (sulfide) groups is 1. The molecule has 0 bridgehead atoms. The summed E-state index contributed by atoms with van der Waals surface area (Å²) in [5.74, 6) is -0.756. The first-order valence-corrected chi connectivity index (χ1v) is 6.88. The van der Waals surface area contributed by atoms with Gasteiger partial charge in [0.05, 0.1) is 0 Å². The van der Waals surface area contributed by atoms with E-state index in [2.05, 4.69) is 15.5 Å². The van der Waals surface area contributed by atoms with E-state index in [0.29, 0.717) is 12.8 Å². The van der Waals surface area contributed by atoms with Crippen molar-refractivity contribution < 1.29 is 9.90 Å². The molecule has 2 rings (SSSR count). The van der Waals surface area contributed by atoms with Gasteiger partial charge in [-0.2, -0.15) is 0 Å². The van der Waals surface area contributed by atoms with Gasteiger partial charge in [0.2, 0.25) is 0 Å². The summed E-state index contributed by atoms with van der Waals surface area (Å²) >= 11 is 1.62. The number of rotatable bonds is 4. The number of carbonyl (C=O) groups is 1. The lowest BCUT2D eigenvalue weighted by Gasteiger charge is -2.36. The van der Waals surface area contributed by atoms with Crippen molar-refractivity contribution >= 4 is 17.7 Å². The van der Waals surface area contributed by atoms with Crippen LogP contribution in [-0.2, 0) is 11.8 Å². The molecule has 2 N–H and O–H groups in total. The summed E-state index contributed by atoms with van der Waals surface area (Å²) in [5, 5.41) is 21.4. The van der Waals surface area contributed by atoms with Crippen molar-refractivity contribution in [2.75, 3.05) is 7.05 Å². The van der Waals surface area contributed by atoms with Crippen LogP contribution in [-0.4, -0.2) is 43.7 Å². The largest absolute Gasteiger partial charge is 0.480 e. The Morgan fingerprint density at radius 1 is 1.72 bits per heavy atom. The van der Waals surface area contributed by atoms with E-state index in [1.54, 1.807) is 25.1 Å². The molecule has 1 aliphatic carbocycles. The smallest absolute Gasteiger partial charge is 0.323 e. The molecule has 2 unspecified atom stereocenters. The topological polar surface area (TPSA) is 80.0 Å². The standard InChI is InChI=1S/C11H18N4O2S/c1-12-11(9(16)17)5-3-4-8(6-11)18-10-14-13-7-15(10)2/h7-8,12H,3-6H2,1-2H3,(H,16,17). The summed E-state index contributed by atoms with van der Waals surface area (Å²) < 4.78 is 1.86. The molecule has 18 heavy (non-hydrogen) atoms. The quantitative estimate of drug-likeness (QED) is 0.846. The van der Waals surface area contributed by atoms with Crippen LogP contribution in [0.3, 0.4) is 0 Å². The Bertz CT molecular complexity index is 436. The van der Waals surface area contributed by atoms with Crippen molar-refractivity contribution in [3.63, 3.8) is 0 Å². The fraction of sp³-hybridized carbons (Fsp3) is 0.727. The van der Waals surface area contributed by atoms with Gasteiger partial charge in [0.1, 0.15) is 11.9 Å². The van der Waals surface area contributed by atoms with Crippen LogP contribution in [0.1, 0.15) is 25.7 Å². The summed E-state index contributed by atoms with van der Waals surface area (Å²) in [6.45, 7) is 0. The lowest BCUT2D eigenvalue weighted by atomic mass is 9.81. The van der Waals surface area contributed by atoms with Gasteiger partial charge in [-0.25, -0.2) is 0 Å². The highest BCUT2D eigenvalue weighted by Crippen LogP contribution is 2.37. The van der Waals surface area contributed by atoms with Crippen molar-refractivity contribution in [2.24, 2.45) is 7.05 Å². The Morgan fingerprint density at radius 3 is 3.06 bits per heavy atom. The Kier molecular flexibility index (Phi) is 3.91. The second-order valence-electron chi connectivity index (χ2n) is 4.70. The van der Waals surface area contributed by atoms with E-state index in [1.807, 2.05) is 11.6 Å². The number of aliphatic carboxylic acids is 1. The lowest BCUT2D eigenvalue weighted by Crippen LogP contribution is -2.53. The van der Waals surface area contributed by atoms with Crippen LogP contribution in [0, 0.1) is 0 Å². The molecule has 2 atom stereocenters. The molecule has 0 radical (unpaired) electrons. The third-order valence-electron chi connectivity index (χ3n) is 3.54. The van der Waals surface area contributed by atoms with E-state index in [0.717, 1.165) is 18.0 Å². The first kappa shape index (κ1) is 13.4. The number of hydrogen-bond acceptors (Lipinski definition) is 5. The number of hydrogen-bond donors (Lipinski definition) is 2. The molecule has 1 aliphatic rings. The number of nitrogens with one attached hydrogen (secondary N) is 1. The Hall–Kier alpha value is -1.08. The van der Waals surface area contributed by atoms with Crippen LogP contribution < -0.4 is 5.32 Å². The zero-order chi connectivity index (χ0) is 13.2. The second-order valence-corrected chi connectivity index (χ2v) is 5.97. The molecule has 1 saturated carbocycles. The van der Waals surface area contributed by atoms with E-state index < -0.39 is 11.5 Å². The monoisotopic (exact) mass is 270 g/mol. The fourth-order valence-electron chi connectivity index (χ4n) is 2.38. The van der Waals surface area contributed by atoms with Crippen LogP contribution in [0.15, 0.2) is 11.5 Å². The minimum absolute atomic E-state index is 0.269. The number of aromatic nitrogens is 3. The number of carboxylic acids is 1. The van der Waals surface area contributed by atoms with Crippen molar-refractivity contribution in [3.8, 4) is 0 Å². The van der Waals surface area contributed by atoms with Crippen LogP contribution in [0.5, 0.6) is 0 Å². The van der Waals surface area contributed by atoms with E-state index in [-0.39, 0.29) is 5.25 Å². The summed E-state index contributed by atoms with van der Waals surface area (Å²) in [4.78, 5) is 11.4. The second kappa shape index (κ2) is 5.27. The van der Waals surface area contributed by atoms with Gasteiger partial charge in [0.25, 0.3) is 0 Å². The molecular formula is C11H18N4O2S. The molecule has 100 valence electrons. The van der Waals surface area contributed by atoms with Crippen molar-refractivity contribution in [1.82, 2.24) is 20.1 Å². The SMILES string of the molecule is CNC1(C(=O)O)CCCC(Sc2nncn2C)C1. The molecule has 0 saturated heterocycles. The summed E-state index contributed by atoms with van der Waals surface area (Å²) in [6, 6.07) is 0. The third kappa shape index (κ3) is 2.51. The number of nitrogens with zero attached hydrogens (tertiary/aromatic N) is 3. The Labute approximate surface area is 110 Å². The highest BCUT2D eigenvalue weighted by molar-refractivity contribution is 7.99. The molecule has 1 aromatic rings. The maximum absolute atomic E-state index is 11.4. The van der Waals surface area contributed by atoms with Crippen molar-refractivity contribution in [1.29, 1.82) is 0 Å². The Morgan fingerprint density at radius 2 is 2.50 bits per heavy atom. The number of carboxylic acid groups (broad SMARTS) is 1. The van der Waals surface area contributed by atoms with Gasteiger partial charge in [0.15, 0.2) is 5.16 Å². The zero-order valence-electron chi connectivity index (χ0n) is 10.6. The van der Waals surface area contributed by atoms with Gasteiger partial charge >= 0.3 is 5.97 Å². The third-order valence-corrected chi connectivity index (χ3v) is 4.85. The summed E-state index contributed by atoms with van der Waals surface area (Å²) in [5.41, 5.74) is -0.783. The molecule has 0 aromatic carbocycles. The normalized spacial score (nSPS) is 28.2. The van der Waals surface area contributed by atoms with Gasteiger partial charge in [-0.15, -0.1) is 10.2 Å². The van der Waals surface area contributed by atoms with Crippen LogP contribution in [0.2, 0.25) is 0 Å². The molecule has 1 heterocycles. The number of aryl methyl sites for hydroxylation is 1. The minimum Gasteiger partial charge on any atom is -0.480 e. The molecule has 1 fully saturated rings. The molecule has 0 aliphatic heterocycles. The predicted molar refractivity (Wildman–Crippen MR) is 68.5 cm³/mol. The highest BCUT2D eigenvalue weighted by Gasteiger charge is 2.42. The van der Waals surface area contributed by atoms with Crippen LogP contribution >= 0.6 is 11.8 Å². The first-order valence-electron chi connectivity index (χ1n) is 6.00. The van der Waals surface area contributed by atoms with Crippen molar-refractivity contribution in [3.05, 3.63) is 6.33 Å². The Balaban J connectivity index is 2.07. The maximum Gasteiger partial charge on any atom is 0.323 e. The lowest BCUT2D eigenvalue weighted by molar-refractivity contribution is -0.146. The van der Waals surface area contributed by atoms with Crippen LogP contribution in [0.4, 0.5) is 0 Å². The maximum atomic E-state index is 11.4. The van der Waals surface area contributed by atoms with E-state index in [1.165, 1.54) is 0 Å². The summed E-state index contributed by atoms with van der Waals surface area (Å²) in [6.07, 6.45) is 4.91. The van der Waals surface area contributed by atoms with Crippen molar-refractivity contribution in [2.45, 2.75) is 41.6 Å². The number of likely N-dealkylation sites (N-methyl/N-ethyl adjacent to an activating group) is 1. The van der Waals surface area contributed by atoms with Gasteiger partial charge in [0, 0.05) is 12.3 Å². The summed E-state index contributed by atoms with van der Waals surface area (Å²) in [7, 11) is 3.62. The van der Waals surface area contributed by atoms with E-state index in [4.69, 9.17) is 0 Å². The molecule has 0 amide bonds. The van der Waals surface area contributed by atoms with E-state index >= 15 is 0 Å².